The zero-order chi connectivity index (χ0) is 19.8. The highest BCUT2D eigenvalue weighted by Crippen LogP contribution is 2.41. The Balaban J connectivity index is 1.89. The molecule has 144 valence electrons. The summed E-state index contributed by atoms with van der Waals surface area (Å²) in [5.74, 6) is 0.0254. The number of aryl methyl sites for hydroxylation is 1. The molecular formula is C20H23ClN2O3S. The van der Waals surface area contributed by atoms with Crippen LogP contribution in [0.3, 0.4) is 0 Å². The first-order valence-corrected chi connectivity index (χ1v) is 10.6. The molecule has 0 radical (unpaired) electrons. The SMILES string of the molecule is Cc1ccc([C@H](NC(=O)c2cc(S(=O)(=O)N(C)C)ccc2Cl)C2CC2)cc1. The fraction of sp³-hybridized carbons (Fsp3) is 0.350. The van der Waals surface area contributed by atoms with Gasteiger partial charge in [-0.3, -0.25) is 4.79 Å². The van der Waals surface area contributed by atoms with Crippen LogP contribution in [-0.4, -0.2) is 32.7 Å². The van der Waals surface area contributed by atoms with Gasteiger partial charge in [-0.05, 0) is 49.4 Å². The molecule has 0 unspecified atom stereocenters. The molecule has 7 heteroatoms. The van der Waals surface area contributed by atoms with Gasteiger partial charge in [-0.1, -0.05) is 41.4 Å². The number of carbonyl (C=O) groups is 1. The number of nitrogens with zero attached hydrogens (tertiary/aromatic N) is 1. The van der Waals surface area contributed by atoms with Crippen LogP contribution in [0.25, 0.3) is 0 Å². The van der Waals surface area contributed by atoms with Crippen LogP contribution in [0.4, 0.5) is 0 Å². The lowest BCUT2D eigenvalue weighted by atomic mass is 10.0. The topological polar surface area (TPSA) is 66.5 Å². The molecule has 1 N–H and O–H groups in total. The summed E-state index contributed by atoms with van der Waals surface area (Å²) in [5.41, 5.74) is 2.37. The number of nitrogens with one attached hydrogen (secondary N) is 1. The van der Waals surface area contributed by atoms with Crippen molar-refractivity contribution in [2.75, 3.05) is 14.1 Å². The van der Waals surface area contributed by atoms with Crippen LogP contribution in [0.1, 0.15) is 40.4 Å². The molecule has 0 aliphatic heterocycles. The Morgan fingerprint density at radius 2 is 1.78 bits per heavy atom. The zero-order valence-electron chi connectivity index (χ0n) is 15.6. The molecule has 1 fully saturated rings. The quantitative estimate of drug-likeness (QED) is 0.793. The Morgan fingerprint density at radius 3 is 2.33 bits per heavy atom. The van der Waals surface area contributed by atoms with E-state index in [9.17, 15) is 13.2 Å². The average molecular weight is 407 g/mol. The molecule has 2 aromatic rings. The monoisotopic (exact) mass is 406 g/mol. The zero-order valence-corrected chi connectivity index (χ0v) is 17.1. The van der Waals surface area contributed by atoms with Gasteiger partial charge in [0.05, 0.1) is 21.5 Å². The van der Waals surface area contributed by atoms with Crippen molar-refractivity contribution in [2.45, 2.75) is 30.7 Å². The van der Waals surface area contributed by atoms with Gasteiger partial charge in [0.1, 0.15) is 0 Å². The van der Waals surface area contributed by atoms with Crippen LogP contribution >= 0.6 is 11.6 Å². The van der Waals surface area contributed by atoms with Crippen molar-refractivity contribution in [1.29, 1.82) is 0 Å². The van der Waals surface area contributed by atoms with Gasteiger partial charge in [0.15, 0.2) is 0 Å². The van der Waals surface area contributed by atoms with Gasteiger partial charge in [-0.15, -0.1) is 0 Å². The second-order valence-corrected chi connectivity index (χ2v) is 9.69. The number of rotatable bonds is 6. The lowest BCUT2D eigenvalue weighted by Crippen LogP contribution is -2.30. The molecule has 0 heterocycles. The van der Waals surface area contributed by atoms with Crippen molar-refractivity contribution < 1.29 is 13.2 Å². The first kappa shape index (κ1) is 19.9. The molecule has 0 spiro atoms. The maximum Gasteiger partial charge on any atom is 0.253 e. The van der Waals surface area contributed by atoms with Crippen molar-refractivity contribution in [3.8, 4) is 0 Å². The molecule has 1 aliphatic rings. The number of hydrogen-bond donors (Lipinski definition) is 1. The number of amides is 1. The third kappa shape index (κ3) is 4.34. The lowest BCUT2D eigenvalue weighted by Gasteiger charge is -2.20. The maximum absolute atomic E-state index is 12.9. The summed E-state index contributed by atoms with van der Waals surface area (Å²) in [6.07, 6.45) is 2.11. The smallest absolute Gasteiger partial charge is 0.253 e. The third-order valence-corrected chi connectivity index (χ3v) is 6.92. The molecule has 0 bridgehead atoms. The molecule has 1 amide bonds. The summed E-state index contributed by atoms with van der Waals surface area (Å²) in [5, 5.41) is 3.27. The van der Waals surface area contributed by atoms with Crippen LogP contribution in [0.5, 0.6) is 0 Å². The van der Waals surface area contributed by atoms with Gasteiger partial charge in [0, 0.05) is 14.1 Å². The summed E-state index contributed by atoms with van der Waals surface area (Å²) in [4.78, 5) is 12.9. The van der Waals surface area contributed by atoms with Gasteiger partial charge in [-0.25, -0.2) is 12.7 Å². The molecule has 3 rings (SSSR count). The van der Waals surface area contributed by atoms with Crippen molar-refractivity contribution in [2.24, 2.45) is 5.92 Å². The Labute approximate surface area is 165 Å². The van der Waals surface area contributed by atoms with E-state index in [4.69, 9.17) is 11.6 Å². The van der Waals surface area contributed by atoms with E-state index in [2.05, 4.69) is 5.32 Å². The van der Waals surface area contributed by atoms with Crippen LogP contribution in [0.15, 0.2) is 47.4 Å². The highest BCUT2D eigenvalue weighted by atomic mass is 35.5. The highest BCUT2D eigenvalue weighted by Gasteiger charge is 2.34. The average Bonchev–Trinajstić information content (AvgIpc) is 3.45. The lowest BCUT2D eigenvalue weighted by molar-refractivity contribution is 0.0931. The second kappa shape index (κ2) is 7.62. The molecule has 27 heavy (non-hydrogen) atoms. The summed E-state index contributed by atoms with van der Waals surface area (Å²) in [6.45, 7) is 2.02. The van der Waals surface area contributed by atoms with E-state index in [1.807, 2.05) is 31.2 Å². The molecule has 2 aromatic carbocycles. The van der Waals surface area contributed by atoms with Gasteiger partial charge in [0.2, 0.25) is 10.0 Å². The number of benzene rings is 2. The van der Waals surface area contributed by atoms with E-state index in [-0.39, 0.29) is 27.4 Å². The summed E-state index contributed by atoms with van der Waals surface area (Å²) in [6, 6.07) is 12.2. The van der Waals surface area contributed by atoms with E-state index < -0.39 is 10.0 Å². The normalized spacial score (nSPS) is 15.6. The molecule has 0 saturated heterocycles. The van der Waals surface area contributed by atoms with Crippen molar-refractivity contribution in [3.05, 3.63) is 64.2 Å². The van der Waals surface area contributed by atoms with E-state index >= 15 is 0 Å². The Bertz CT molecular complexity index is 952. The number of hydrogen-bond acceptors (Lipinski definition) is 3. The summed E-state index contributed by atoms with van der Waals surface area (Å²) in [7, 11) is -0.747. The number of carbonyl (C=O) groups excluding carboxylic acids is 1. The molecule has 5 nitrogen and oxygen atoms in total. The van der Waals surface area contributed by atoms with Gasteiger partial charge in [-0.2, -0.15) is 0 Å². The fourth-order valence-electron chi connectivity index (χ4n) is 2.95. The van der Waals surface area contributed by atoms with Gasteiger partial charge < -0.3 is 5.32 Å². The first-order valence-electron chi connectivity index (χ1n) is 8.79. The van der Waals surface area contributed by atoms with Crippen molar-refractivity contribution in [1.82, 2.24) is 9.62 Å². The van der Waals surface area contributed by atoms with E-state index in [0.29, 0.717) is 5.92 Å². The largest absolute Gasteiger partial charge is 0.345 e. The van der Waals surface area contributed by atoms with Crippen molar-refractivity contribution >= 4 is 27.5 Å². The minimum absolute atomic E-state index is 0.0420. The van der Waals surface area contributed by atoms with Crippen LogP contribution in [0.2, 0.25) is 5.02 Å². The predicted octanol–water partition coefficient (Wildman–Crippen LogP) is 3.78. The predicted molar refractivity (Wildman–Crippen MR) is 106 cm³/mol. The van der Waals surface area contributed by atoms with Crippen LogP contribution in [-0.2, 0) is 10.0 Å². The van der Waals surface area contributed by atoms with Gasteiger partial charge in [0.25, 0.3) is 5.91 Å². The van der Waals surface area contributed by atoms with Crippen LogP contribution in [0, 0.1) is 12.8 Å². The third-order valence-electron chi connectivity index (χ3n) is 4.78. The molecule has 1 atom stereocenters. The molecule has 0 aromatic heterocycles. The number of halogens is 1. The minimum Gasteiger partial charge on any atom is -0.345 e. The minimum atomic E-state index is -3.64. The number of sulfonamides is 1. The molecule has 1 aliphatic carbocycles. The summed E-state index contributed by atoms with van der Waals surface area (Å²) >= 11 is 6.20. The Hall–Kier alpha value is -1.89. The second-order valence-electron chi connectivity index (χ2n) is 7.13. The van der Waals surface area contributed by atoms with Gasteiger partial charge >= 0.3 is 0 Å². The highest BCUT2D eigenvalue weighted by molar-refractivity contribution is 7.89. The standard InChI is InChI=1S/C20H23ClN2O3S/c1-13-4-6-14(7-5-13)19(15-8-9-15)22-20(24)17-12-16(10-11-18(17)21)27(25,26)23(2)3/h4-7,10-12,15,19H,8-9H2,1-3H3,(H,22,24)/t19-/m0/s1. The maximum atomic E-state index is 12.9. The van der Waals surface area contributed by atoms with Crippen molar-refractivity contribution in [3.63, 3.8) is 0 Å². The van der Waals surface area contributed by atoms with Crippen LogP contribution < -0.4 is 5.32 Å². The van der Waals surface area contributed by atoms with E-state index in [1.165, 1.54) is 32.3 Å². The fourth-order valence-corrected chi connectivity index (χ4v) is 4.08. The first-order chi connectivity index (χ1) is 12.7. The molecule has 1 saturated carbocycles. The Morgan fingerprint density at radius 1 is 1.15 bits per heavy atom. The van der Waals surface area contributed by atoms with E-state index in [1.54, 1.807) is 0 Å². The molecular weight excluding hydrogens is 384 g/mol. The van der Waals surface area contributed by atoms with E-state index in [0.717, 1.165) is 28.3 Å². The summed E-state index contributed by atoms with van der Waals surface area (Å²) < 4.78 is 25.8. The Kier molecular flexibility index (Phi) is 5.60.